The molecule has 0 radical (unpaired) electrons. The lowest BCUT2D eigenvalue weighted by molar-refractivity contribution is -0.128. The molecule has 3 aromatic heterocycles. The Balaban J connectivity index is 1.18. The number of carbonyl (C=O) groups excluding carboxylic acids is 1. The fourth-order valence-corrected chi connectivity index (χ4v) is 5.37. The van der Waals surface area contributed by atoms with Crippen LogP contribution in [-0.4, -0.2) is 42.4 Å². The molecule has 3 aromatic carbocycles. The number of likely N-dealkylation sites (tertiary alicyclic amines) is 1. The number of H-pyrrole nitrogens is 1. The van der Waals surface area contributed by atoms with E-state index < -0.39 is 0 Å². The highest BCUT2D eigenvalue weighted by atomic mass is 16.5. The molecule has 6 aromatic rings. The molecule has 0 aliphatic carbocycles. The number of amides is 1. The van der Waals surface area contributed by atoms with Crippen LogP contribution in [0.3, 0.4) is 0 Å². The zero-order chi connectivity index (χ0) is 29.3. The number of aromatic amines is 1. The first-order valence-corrected chi connectivity index (χ1v) is 14.4. The third-order valence-electron chi connectivity index (χ3n) is 7.73. The van der Waals surface area contributed by atoms with Crippen molar-refractivity contribution in [2.75, 3.05) is 6.54 Å². The lowest BCUT2D eigenvalue weighted by atomic mass is 9.98. The summed E-state index contributed by atoms with van der Waals surface area (Å²) in [6.45, 7) is 5.15. The van der Waals surface area contributed by atoms with Gasteiger partial charge >= 0.3 is 0 Å². The van der Waals surface area contributed by atoms with Crippen molar-refractivity contribution in [1.82, 2.24) is 30.0 Å². The van der Waals surface area contributed by atoms with Gasteiger partial charge in [-0.2, -0.15) is 4.98 Å². The summed E-state index contributed by atoms with van der Waals surface area (Å²) in [7, 11) is 0. The van der Waals surface area contributed by atoms with Gasteiger partial charge in [-0.05, 0) is 48.0 Å². The van der Waals surface area contributed by atoms with Gasteiger partial charge in [-0.3, -0.25) is 4.79 Å². The molecule has 43 heavy (non-hydrogen) atoms. The maximum Gasteiger partial charge on any atom is 0.257 e. The molecule has 0 saturated carbocycles. The van der Waals surface area contributed by atoms with E-state index in [4.69, 9.17) is 14.2 Å². The summed E-state index contributed by atoms with van der Waals surface area (Å²) in [5.41, 5.74) is 5.26. The number of ether oxygens (including phenoxy) is 1. The van der Waals surface area contributed by atoms with E-state index in [-0.39, 0.29) is 17.7 Å². The number of hydrogen-bond acceptors (Lipinski definition) is 7. The van der Waals surface area contributed by atoms with E-state index in [0.29, 0.717) is 48.5 Å². The Hall–Kier alpha value is -5.31. The van der Waals surface area contributed by atoms with Crippen LogP contribution >= 0.6 is 0 Å². The highest BCUT2D eigenvalue weighted by Gasteiger charge is 2.31. The zero-order valence-corrected chi connectivity index (χ0v) is 23.9. The number of pyridine rings is 1. The number of carbonyl (C=O) groups is 1. The highest BCUT2D eigenvalue weighted by Crippen LogP contribution is 2.35. The SMILES string of the molecule is CC(C)c1noc(-c2ccc(Oc3cc(-c4nc5cccnc5[nH]4)ccc3CN3C[C@H](c4ccccc4)CC3=O)cc2)n1. The van der Waals surface area contributed by atoms with Crippen molar-refractivity contribution in [2.24, 2.45) is 0 Å². The summed E-state index contributed by atoms with van der Waals surface area (Å²) in [4.78, 5) is 31.9. The Labute approximate surface area is 248 Å². The van der Waals surface area contributed by atoms with Crippen LogP contribution in [-0.2, 0) is 11.3 Å². The topological polar surface area (TPSA) is 110 Å². The van der Waals surface area contributed by atoms with Gasteiger partial charge < -0.3 is 19.1 Å². The number of rotatable bonds is 8. The molecule has 1 N–H and O–H groups in total. The number of nitrogens with zero attached hydrogens (tertiary/aromatic N) is 5. The van der Waals surface area contributed by atoms with Crippen LogP contribution in [0.4, 0.5) is 0 Å². The Morgan fingerprint density at radius 1 is 0.977 bits per heavy atom. The maximum absolute atomic E-state index is 13.1. The molecule has 4 heterocycles. The Bertz CT molecular complexity index is 1860. The van der Waals surface area contributed by atoms with Crippen LogP contribution in [0, 0.1) is 0 Å². The van der Waals surface area contributed by atoms with Crippen LogP contribution < -0.4 is 4.74 Å². The van der Waals surface area contributed by atoms with E-state index in [0.717, 1.165) is 27.9 Å². The summed E-state index contributed by atoms with van der Waals surface area (Å²) in [6, 6.07) is 27.5. The van der Waals surface area contributed by atoms with Crippen molar-refractivity contribution in [1.29, 1.82) is 0 Å². The standard InChI is InChI=1S/C34H30N6O3/c1-21(2)31-38-34(43-39-31)23-12-14-27(15-13-23)42-29-17-24(32-36-28-9-6-16-35-33(28)37-32)10-11-25(29)19-40-20-26(18-30(40)41)22-7-4-3-5-8-22/h3-17,21,26H,18-20H2,1-2H3,(H,35,36,37)/t26-/m1/s1. The molecule has 1 amide bonds. The van der Waals surface area contributed by atoms with Gasteiger partial charge in [-0.1, -0.05) is 61.5 Å². The van der Waals surface area contributed by atoms with E-state index in [1.165, 1.54) is 5.56 Å². The van der Waals surface area contributed by atoms with Gasteiger partial charge in [0.1, 0.15) is 22.8 Å². The molecule has 9 nitrogen and oxygen atoms in total. The average Bonchev–Trinajstić information content (AvgIpc) is 3.78. The van der Waals surface area contributed by atoms with Crippen molar-refractivity contribution in [3.8, 4) is 34.3 Å². The number of hydrogen-bond donors (Lipinski definition) is 1. The van der Waals surface area contributed by atoms with Crippen LogP contribution in [0.1, 0.15) is 49.1 Å². The van der Waals surface area contributed by atoms with Gasteiger partial charge in [0, 0.05) is 54.2 Å². The fraction of sp³-hybridized carbons (Fsp3) is 0.206. The molecule has 0 unspecified atom stereocenters. The number of imidazole rings is 1. The molecule has 214 valence electrons. The summed E-state index contributed by atoms with van der Waals surface area (Å²) in [5.74, 6) is 3.62. The van der Waals surface area contributed by atoms with Crippen LogP contribution in [0.2, 0.25) is 0 Å². The van der Waals surface area contributed by atoms with Crippen LogP contribution in [0.15, 0.2) is 95.6 Å². The highest BCUT2D eigenvalue weighted by molar-refractivity contribution is 5.80. The quantitative estimate of drug-likeness (QED) is 0.208. The molecule has 1 atom stereocenters. The van der Waals surface area contributed by atoms with Crippen molar-refractivity contribution in [3.63, 3.8) is 0 Å². The minimum absolute atomic E-state index is 0.136. The first kappa shape index (κ1) is 26.6. The fourth-order valence-electron chi connectivity index (χ4n) is 5.37. The first-order chi connectivity index (χ1) is 21.0. The second-order valence-corrected chi connectivity index (χ2v) is 11.1. The molecule has 1 aliphatic heterocycles. The largest absolute Gasteiger partial charge is 0.457 e. The minimum Gasteiger partial charge on any atom is -0.457 e. The van der Waals surface area contributed by atoms with Gasteiger partial charge in [0.2, 0.25) is 5.91 Å². The minimum atomic E-state index is 0.136. The summed E-state index contributed by atoms with van der Waals surface area (Å²) in [6.07, 6.45) is 2.24. The van der Waals surface area contributed by atoms with Crippen molar-refractivity contribution in [3.05, 3.63) is 108 Å². The number of aromatic nitrogens is 5. The third-order valence-corrected chi connectivity index (χ3v) is 7.73. The second-order valence-electron chi connectivity index (χ2n) is 11.1. The summed E-state index contributed by atoms with van der Waals surface area (Å²) in [5, 5.41) is 4.06. The lowest BCUT2D eigenvalue weighted by Crippen LogP contribution is -2.24. The molecule has 0 spiro atoms. The van der Waals surface area contributed by atoms with E-state index in [2.05, 4.69) is 32.2 Å². The molecule has 0 bridgehead atoms. The first-order valence-electron chi connectivity index (χ1n) is 14.4. The zero-order valence-electron chi connectivity index (χ0n) is 23.9. The molecule has 1 saturated heterocycles. The van der Waals surface area contributed by atoms with Crippen LogP contribution in [0.25, 0.3) is 34.0 Å². The summed E-state index contributed by atoms with van der Waals surface area (Å²) >= 11 is 0. The van der Waals surface area contributed by atoms with E-state index in [9.17, 15) is 4.79 Å². The Kier molecular flexibility index (Phi) is 6.90. The molecule has 7 rings (SSSR count). The summed E-state index contributed by atoms with van der Waals surface area (Å²) < 4.78 is 11.9. The van der Waals surface area contributed by atoms with Crippen LogP contribution in [0.5, 0.6) is 11.5 Å². The Morgan fingerprint density at radius 2 is 1.79 bits per heavy atom. The van der Waals surface area contributed by atoms with Crippen molar-refractivity contribution < 1.29 is 14.1 Å². The normalized spacial score (nSPS) is 15.1. The monoisotopic (exact) mass is 570 g/mol. The average molecular weight is 571 g/mol. The maximum atomic E-state index is 13.1. The van der Waals surface area contributed by atoms with Gasteiger partial charge in [0.05, 0.1) is 0 Å². The number of fused-ring (bicyclic) bond motifs is 1. The third kappa shape index (κ3) is 5.49. The predicted octanol–water partition coefficient (Wildman–Crippen LogP) is 7.11. The van der Waals surface area contributed by atoms with E-state index in [1.54, 1.807) is 6.20 Å². The Morgan fingerprint density at radius 3 is 2.56 bits per heavy atom. The van der Waals surface area contributed by atoms with E-state index >= 15 is 0 Å². The van der Waals surface area contributed by atoms with Gasteiger partial charge in [0.25, 0.3) is 5.89 Å². The number of nitrogens with one attached hydrogen (secondary N) is 1. The van der Waals surface area contributed by atoms with Gasteiger partial charge in [-0.25, -0.2) is 9.97 Å². The molecule has 1 aliphatic rings. The number of benzene rings is 3. The van der Waals surface area contributed by atoms with Crippen molar-refractivity contribution in [2.45, 2.75) is 38.6 Å². The predicted molar refractivity (Wildman–Crippen MR) is 162 cm³/mol. The van der Waals surface area contributed by atoms with Gasteiger partial charge in [-0.15, -0.1) is 0 Å². The van der Waals surface area contributed by atoms with E-state index in [1.807, 2.05) is 91.5 Å². The molecular weight excluding hydrogens is 540 g/mol. The van der Waals surface area contributed by atoms with Gasteiger partial charge in [0.15, 0.2) is 11.5 Å². The second kappa shape index (κ2) is 11.2. The molecule has 9 heteroatoms. The lowest BCUT2D eigenvalue weighted by Gasteiger charge is -2.20. The van der Waals surface area contributed by atoms with Crippen molar-refractivity contribution >= 4 is 17.1 Å². The molecular formula is C34H30N6O3. The smallest absolute Gasteiger partial charge is 0.257 e. The molecule has 1 fully saturated rings.